The lowest BCUT2D eigenvalue weighted by Crippen LogP contribution is -2.68. The fourth-order valence-corrected chi connectivity index (χ4v) is 5.97. The van der Waals surface area contributed by atoms with Crippen LogP contribution in [-0.4, -0.2) is 115 Å². The summed E-state index contributed by atoms with van der Waals surface area (Å²) in [7, 11) is 6.10. The molecule has 1 aromatic carbocycles. The molecule has 0 bridgehead atoms. The Bertz CT molecular complexity index is 1110. The van der Waals surface area contributed by atoms with Crippen LogP contribution in [0.1, 0.15) is 39.0 Å². The topological polar surface area (TPSA) is 136 Å². The van der Waals surface area contributed by atoms with Crippen molar-refractivity contribution in [3.8, 4) is 0 Å². The van der Waals surface area contributed by atoms with E-state index in [-0.39, 0.29) is 19.6 Å². The van der Waals surface area contributed by atoms with Crippen molar-refractivity contribution in [2.24, 2.45) is 5.41 Å². The third-order valence-electron chi connectivity index (χ3n) is 8.17. The maximum absolute atomic E-state index is 13.2. The van der Waals surface area contributed by atoms with Gasteiger partial charge in [0.05, 0.1) is 18.6 Å². The molecule has 13 nitrogen and oxygen atoms in total. The minimum Gasteiger partial charge on any atom is -0.455 e. The highest BCUT2D eigenvalue weighted by molar-refractivity contribution is 5.76. The maximum Gasteiger partial charge on any atom is 0.312 e. The van der Waals surface area contributed by atoms with Gasteiger partial charge in [0.1, 0.15) is 43.0 Å². The summed E-state index contributed by atoms with van der Waals surface area (Å²) < 4.78 is 65.8. The first-order valence-corrected chi connectivity index (χ1v) is 14.4. The van der Waals surface area contributed by atoms with Crippen molar-refractivity contribution in [1.29, 1.82) is 0 Å². The first kappa shape index (κ1) is 32.2. The number of hydrogen-bond donors (Lipinski definition) is 0. The van der Waals surface area contributed by atoms with Gasteiger partial charge in [0.15, 0.2) is 24.8 Å². The van der Waals surface area contributed by atoms with Crippen LogP contribution in [0.25, 0.3) is 0 Å². The van der Waals surface area contributed by atoms with Gasteiger partial charge in [0, 0.05) is 34.0 Å². The van der Waals surface area contributed by atoms with Crippen LogP contribution >= 0.6 is 0 Å². The highest BCUT2D eigenvalue weighted by Crippen LogP contribution is 2.46. The van der Waals surface area contributed by atoms with Gasteiger partial charge < -0.3 is 52.1 Å². The smallest absolute Gasteiger partial charge is 0.312 e. The SMILES string of the molecule is CO[C@H]1O[C@H](CO[C@@]23CC(=O)O[C@@H]2[C@@H](OC(=O)C(C)(C)C)[C@@H]2OC(c4ccccc4)OC[C@H]2O3)[C@@H](OC)[C@H](OC)[C@H]1OC. The lowest BCUT2D eigenvalue weighted by atomic mass is 9.90. The quantitative estimate of drug-likeness (QED) is 0.377. The van der Waals surface area contributed by atoms with Crippen molar-refractivity contribution in [2.75, 3.05) is 41.7 Å². The predicted molar refractivity (Wildman–Crippen MR) is 145 cm³/mol. The van der Waals surface area contributed by atoms with Crippen LogP contribution in [0.2, 0.25) is 0 Å². The number of carbonyl (C=O) groups is 2. The number of fused-ring (bicyclic) bond motifs is 2. The van der Waals surface area contributed by atoms with Crippen LogP contribution in [0.4, 0.5) is 0 Å². The molecule has 0 N–H and O–H groups in total. The number of methoxy groups -OCH3 is 4. The van der Waals surface area contributed by atoms with Crippen molar-refractivity contribution < 1.29 is 61.7 Å². The molecule has 13 heteroatoms. The monoisotopic (exact) mass is 610 g/mol. The molecule has 11 atom stereocenters. The fraction of sp³-hybridized carbons (Fsp3) is 0.733. The van der Waals surface area contributed by atoms with Gasteiger partial charge in [-0.25, -0.2) is 0 Å². The van der Waals surface area contributed by atoms with Crippen molar-refractivity contribution >= 4 is 11.9 Å². The Morgan fingerprint density at radius 2 is 1.63 bits per heavy atom. The van der Waals surface area contributed by atoms with Crippen LogP contribution < -0.4 is 0 Å². The molecule has 4 saturated heterocycles. The van der Waals surface area contributed by atoms with Gasteiger partial charge in [-0.15, -0.1) is 0 Å². The summed E-state index contributed by atoms with van der Waals surface area (Å²) in [5.74, 6) is -2.69. The predicted octanol–water partition coefficient (Wildman–Crippen LogP) is 1.90. The summed E-state index contributed by atoms with van der Waals surface area (Å²) in [6.45, 7) is 5.21. The molecule has 0 saturated carbocycles. The lowest BCUT2D eigenvalue weighted by Gasteiger charge is -2.51. The molecular weight excluding hydrogens is 568 g/mol. The molecule has 4 aliphatic rings. The van der Waals surface area contributed by atoms with E-state index >= 15 is 0 Å². The minimum atomic E-state index is -1.63. The van der Waals surface area contributed by atoms with E-state index in [4.69, 9.17) is 52.1 Å². The van der Waals surface area contributed by atoms with E-state index < -0.39 is 84.6 Å². The fourth-order valence-electron chi connectivity index (χ4n) is 5.97. The van der Waals surface area contributed by atoms with Crippen LogP contribution in [0.3, 0.4) is 0 Å². The van der Waals surface area contributed by atoms with Gasteiger partial charge in [-0.3, -0.25) is 9.59 Å². The second-order valence-electron chi connectivity index (χ2n) is 12.0. The Morgan fingerprint density at radius 1 is 0.930 bits per heavy atom. The summed E-state index contributed by atoms with van der Waals surface area (Å²) >= 11 is 0. The number of hydrogen-bond acceptors (Lipinski definition) is 13. The minimum absolute atomic E-state index is 0.0907. The van der Waals surface area contributed by atoms with Crippen LogP contribution in [0.15, 0.2) is 30.3 Å². The van der Waals surface area contributed by atoms with Crippen molar-refractivity contribution in [3.63, 3.8) is 0 Å². The van der Waals surface area contributed by atoms with E-state index in [9.17, 15) is 9.59 Å². The summed E-state index contributed by atoms with van der Waals surface area (Å²) in [6, 6.07) is 9.38. The van der Waals surface area contributed by atoms with Crippen molar-refractivity contribution in [2.45, 2.75) is 94.4 Å². The second-order valence-corrected chi connectivity index (χ2v) is 12.0. The molecule has 0 spiro atoms. The highest BCUT2D eigenvalue weighted by atomic mass is 16.8. The number of esters is 2. The molecule has 0 aromatic heterocycles. The van der Waals surface area contributed by atoms with Crippen LogP contribution in [0, 0.1) is 5.41 Å². The third-order valence-corrected chi connectivity index (χ3v) is 8.17. The molecule has 0 aliphatic carbocycles. The van der Waals surface area contributed by atoms with Gasteiger partial charge in [-0.1, -0.05) is 30.3 Å². The first-order chi connectivity index (χ1) is 20.5. The van der Waals surface area contributed by atoms with E-state index in [1.807, 2.05) is 30.3 Å². The van der Waals surface area contributed by atoms with Gasteiger partial charge in [-0.2, -0.15) is 0 Å². The molecule has 43 heavy (non-hydrogen) atoms. The number of benzene rings is 1. The van der Waals surface area contributed by atoms with Crippen LogP contribution in [-0.2, 0) is 61.7 Å². The van der Waals surface area contributed by atoms with E-state index in [0.717, 1.165) is 5.56 Å². The van der Waals surface area contributed by atoms with Crippen molar-refractivity contribution in [1.82, 2.24) is 0 Å². The van der Waals surface area contributed by atoms with E-state index in [1.165, 1.54) is 21.3 Å². The summed E-state index contributed by atoms with van der Waals surface area (Å²) in [5, 5.41) is 0. The number of carbonyl (C=O) groups excluding carboxylic acids is 2. The first-order valence-electron chi connectivity index (χ1n) is 14.4. The average molecular weight is 611 g/mol. The molecule has 4 heterocycles. The second kappa shape index (κ2) is 13.0. The van der Waals surface area contributed by atoms with Crippen molar-refractivity contribution in [3.05, 3.63) is 35.9 Å². The Morgan fingerprint density at radius 3 is 2.26 bits per heavy atom. The van der Waals surface area contributed by atoms with E-state index in [0.29, 0.717) is 0 Å². The zero-order valence-corrected chi connectivity index (χ0v) is 25.6. The normalized spacial score (nSPS) is 39.5. The Hall–Kier alpha value is -2.20. The molecule has 1 aromatic rings. The summed E-state index contributed by atoms with van der Waals surface area (Å²) in [4.78, 5) is 26.1. The Balaban J connectivity index is 1.42. The molecule has 240 valence electrons. The van der Waals surface area contributed by atoms with Gasteiger partial charge in [0.25, 0.3) is 0 Å². The highest BCUT2D eigenvalue weighted by Gasteiger charge is 2.66. The molecule has 5 rings (SSSR count). The summed E-state index contributed by atoms with van der Waals surface area (Å²) in [5.41, 5.74) is -0.0542. The summed E-state index contributed by atoms with van der Waals surface area (Å²) in [6.07, 6.45) is -7.96. The van der Waals surface area contributed by atoms with Crippen LogP contribution in [0.5, 0.6) is 0 Å². The molecule has 0 radical (unpaired) electrons. The van der Waals surface area contributed by atoms with Gasteiger partial charge in [0.2, 0.25) is 5.79 Å². The standard InChI is InChI=1S/C30H42O13/c1-29(2,3)28(32)42-23-21-18(14-37-26(41-21)16-11-9-8-10-12-16)43-30(13-19(31)40-25(23)30)38-15-17-20(33-4)22(34-5)24(35-6)27(36-7)39-17/h8-12,17-18,20-27H,13-15H2,1-7H3/t17-,18-,20-,21-,22+,23+,24-,25-,26?,27+,30-/m1/s1. The van der Waals surface area contributed by atoms with E-state index in [2.05, 4.69) is 0 Å². The largest absolute Gasteiger partial charge is 0.455 e. The average Bonchev–Trinajstić information content (AvgIpc) is 3.34. The zero-order chi connectivity index (χ0) is 30.9. The molecule has 1 unspecified atom stereocenters. The Labute approximate surface area is 251 Å². The molecule has 4 fully saturated rings. The Kier molecular flexibility index (Phi) is 9.76. The van der Waals surface area contributed by atoms with Gasteiger partial charge in [-0.05, 0) is 20.8 Å². The zero-order valence-electron chi connectivity index (χ0n) is 25.6. The maximum atomic E-state index is 13.2. The third kappa shape index (κ3) is 6.33. The molecule has 0 amide bonds. The lowest BCUT2D eigenvalue weighted by molar-refractivity contribution is -0.396. The van der Waals surface area contributed by atoms with E-state index in [1.54, 1.807) is 27.9 Å². The number of rotatable bonds is 9. The molecule has 4 aliphatic heterocycles. The number of ether oxygens (including phenoxy) is 11. The molecular formula is C30H42O13. The van der Waals surface area contributed by atoms with Gasteiger partial charge >= 0.3 is 11.9 Å².